The van der Waals surface area contributed by atoms with Crippen molar-refractivity contribution in [3.8, 4) is 11.5 Å². The highest BCUT2D eigenvalue weighted by molar-refractivity contribution is 7.12. The quantitative estimate of drug-likeness (QED) is 0.115. The SMILES string of the molecule is CC(C)[Si](O[C@H]1C[C@H](Nc2ncncc2C(=O)c2cc(Cc3cccc(C#C[Si](C)(C)C)c3)cs2)C[C@@H]1CO)(C(C)C)C(C)C. The molecule has 9 heteroatoms. The van der Waals surface area contributed by atoms with Crippen LogP contribution in [0.5, 0.6) is 0 Å². The zero-order valence-electron chi connectivity index (χ0n) is 28.5. The van der Waals surface area contributed by atoms with Crippen molar-refractivity contribution in [2.24, 2.45) is 5.92 Å². The largest absolute Gasteiger partial charge is 0.413 e. The van der Waals surface area contributed by atoms with Gasteiger partial charge < -0.3 is 14.8 Å². The lowest BCUT2D eigenvalue weighted by molar-refractivity contribution is 0.0941. The van der Waals surface area contributed by atoms with E-state index in [1.54, 1.807) is 6.20 Å². The van der Waals surface area contributed by atoms with Crippen LogP contribution in [0.3, 0.4) is 0 Å². The molecule has 0 amide bonds. The number of nitrogens with one attached hydrogen (secondary N) is 1. The minimum atomic E-state index is -2.11. The van der Waals surface area contributed by atoms with Crippen molar-refractivity contribution >= 4 is 39.3 Å². The molecule has 0 saturated heterocycles. The average molecular weight is 662 g/mol. The van der Waals surface area contributed by atoms with E-state index >= 15 is 0 Å². The van der Waals surface area contributed by atoms with Crippen molar-refractivity contribution in [1.29, 1.82) is 0 Å². The van der Waals surface area contributed by atoms with Gasteiger partial charge in [0.2, 0.25) is 14.1 Å². The second-order valence-corrected chi connectivity index (χ2v) is 25.6. The number of anilines is 1. The molecule has 3 atom stereocenters. The molecular formula is C36H51N3O3SSi2. The molecule has 2 N–H and O–H groups in total. The van der Waals surface area contributed by atoms with Crippen molar-refractivity contribution in [3.05, 3.63) is 75.4 Å². The standard InChI is InChI=1S/C36H51N3O3SSi2/c1-24(2)45(25(3)4,26(5)6)42-33-19-31(18-30(33)21-40)39-36-32(20-37-23-38-36)35(41)34-17-29(22-43-34)16-28-12-10-11-27(15-28)13-14-44(7,8)9/h10-12,15,17,20,22-26,30-31,33,40H,16,18-19,21H2,1-9H3,(H,37,38,39)/t30-,31-,33+/m1/s1. The first-order valence-corrected chi connectivity index (χ1v) is 22.8. The molecular weight excluding hydrogens is 611 g/mol. The predicted molar refractivity (Wildman–Crippen MR) is 192 cm³/mol. The molecule has 0 aliphatic heterocycles. The lowest BCUT2D eigenvalue weighted by Crippen LogP contribution is -2.51. The molecule has 45 heavy (non-hydrogen) atoms. The zero-order chi connectivity index (χ0) is 32.9. The molecule has 1 aliphatic rings. The number of thiophene rings is 1. The van der Waals surface area contributed by atoms with Gasteiger partial charge in [0.1, 0.15) is 20.2 Å². The number of carbonyl (C=O) groups excluding carboxylic acids is 1. The number of carbonyl (C=O) groups is 1. The number of aromatic nitrogens is 2. The third kappa shape index (κ3) is 8.60. The van der Waals surface area contributed by atoms with E-state index in [1.165, 1.54) is 23.2 Å². The van der Waals surface area contributed by atoms with Crippen molar-refractivity contribution in [1.82, 2.24) is 9.97 Å². The number of hydrogen-bond donors (Lipinski definition) is 2. The fourth-order valence-corrected chi connectivity index (χ4v) is 14.0. The van der Waals surface area contributed by atoms with Crippen LogP contribution in [0, 0.1) is 17.4 Å². The van der Waals surface area contributed by atoms with Crippen molar-refractivity contribution in [3.63, 3.8) is 0 Å². The summed E-state index contributed by atoms with van der Waals surface area (Å²) in [6.07, 6.45) is 5.35. The summed E-state index contributed by atoms with van der Waals surface area (Å²) >= 11 is 1.46. The van der Waals surface area contributed by atoms with Gasteiger partial charge in [-0.05, 0) is 70.6 Å². The molecule has 0 radical (unpaired) electrons. The summed E-state index contributed by atoms with van der Waals surface area (Å²) in [4.78, 5) is 23.1. The van der Waals surface area contributed by atoms with Gasteiger partial charge in [-0.1, -0.05) is 79.2 Å². The van der Waals surface area contributed by atoms with Gasteiger partial charge in [-0.3, -0.25) is 4.79 Å². The maximum Gasteiger partial charge on any atom is 0.208 e. The van der Waals surface area contributed by atoms with E-state index < -0.39 is 16.4 Å². The Morgan fingerprint density at radius 1 is 1.07 bits per heavy atom. The molecule has 3 aromatic rings. The first kappa shape index (κ1) is 35.2. The molecule has 242 valence electrons. The summed E-state index contributed by atoms with van der Waals surface area (Å²) in [6.45, 7) is 20.6. The van der Waals surface area contributed by atoms with Crippen LogP contribution >= 0.6 is 11.3 Å². The number of nitrogens with zero attached hydrogens (tertiary/aromatic N) is 2. The molecule has 1 aromatic carbocycles. The summed E-state index contributed by atoms with van der Waals surface area (Å²) in [5, 5.41) is 15.9. The van der Waals surface area contributed by atoms with Crippen molar-refractivity contribution in [2.45, 2.75) is 109 Å². The van der Waals surface area contributed by atoms with Crippen LogP contribution in [0.4, 0.5) is 5.82 Å². The predicted octanol–water partition coefficient (Wildman–Crippen LogP) is 8.33. The van der Waals surface area contributed by atoms with Gasteiger partial charge in [0, 0.05) is 30.3 Å². The molecule has 2 heterocycles. The Bertz CT molecular complexity index is 1500. The van der Waals surface area contributed by atoms with Crippen LogP contribution in [-0.4, -0.2) is 56.0 Å². The third-order valence-corrected chi connectivity index (χ3v) is 17.0. The van der Waals surface area contributed by atoms with E-state index in [2.05, 4.69) is 118 Å². The van der Waals surface area contributed by atoms with Gasteiger partial charge in [0.05, 0.1) is 16.5 Å². The molecule has 6 nitrogen and oxygen atoms in total. The number of ketones is 1. The van der Waals surface area contributed by atoms with E-state index in [0.29, 0.717) is 32.9 Å². The summed E-state index contributed by atoms with van der Waals surface area (Å²) in [5.74, 6) is 3.85. The van der Waals surface area contributed by atoms with Gasteiger partial charge in [0.25, 0.3) is 0 Å². The second kappa shape index (κ2) is 14.9. The maximum absolute atomic E-state index is 13.8. The van der Waals surface area contributed by atoms with Crippen LogP contribution in [0.25, 0.3) is 0 Å². The molecule has 1 aliphatic carbocycles. The Balaban J connectivity index is 1.48. The van der Waals surface area contributed by atoms with Crippen molar-refractivity contribution < 1.29 is 14.3 Å². The summed E-state index contributed by atoms with van der Waals surface area (Å²) in [7, 11) is -3.56. The fraction of sp³-hybridized carbons (Fsp3) is 0.528. The molecule has 2 aromatic heterocycles. The zero-order valence-corrected chi connectivity index (χ0v) is 31.3. The Labute approximate surface area is 276 Å². The van der Waals surface area contributed by atoms with E-state index in [9.17, 15) is 9.90 Å². The highest BCUT2D eigenvalue weighted by Gasteiger charge is 2.49. The maximum atomic E-state index is 13.8. The Kier molecular flexibility index (Phi) is 11.6. The van der Waals surface area contributed by atoms with Crippen LogP contribution in [0.1, 0.15) is 86.3 Å². The second-order valence-electron chi connectivity index (χ2n) is 14.5. The fourth-order valence-electron chi connectivity index (χ4n) is 6.99. The normalized spacial score (nSPS) is 18.8. The number of hydrogen-bond acceptors (Lipinski definition) is 7. The van der Waals surface area contributed by atoms with E-state index in [0.717, 1.165) is 30.4 Å². The highest BCUT2D eigenvalue weighted by Crippen LogP contribution is 2.46. The average Bonchev–Trinajstić information content (AvgIpc) is 3.60. The number of rotatable bonds is 12. The topological polar surface area (TPSA) is 84.3 Å². The lowest BCUT2D eigenvalue weighted by atomic mass is 10.0. The summed E-state index contributed by atoms with van der Waals surface area (Å²) in [6, 6.07) is 10.4. The minimum Gasteiger partial charge on any atom is -0.413 e. The third-order valence-electron chi connectivity index (χ3n) is 9.02. The summed E-state index contributed by atoms with van der Waals surface area (Å²) in [5.41, 5.74) is 8.63. The monoisotopic (exact) mass is 661 g/mol. The van der Waals surface area contributed by atoms with E-state index in [-0.39, 0.29) is 30.5 Å². The van der Waals surface area contributed by atoms with Gasteiger partial charge in [-0.2, -0.15) is 0 Å². The van der Waals surface area contributed by atoms with Gasteiger partial charge in [-0.25, -0.2) is 9.97 Å². The summed E-state index contributed by atoms with van der Waals surface area (Å²) < 4.78 is 7.12. The molecule has 0 bridgehead atoms. The van der Waals surface area contributed by atoms with Gasteiger partial charge in [0.15, 0.2) is 0 Å². The van der Waals surface area contributed by atoms with Crippen LogP contribution in [0.15, 0.2) is 48.2 Å². The van der Waals surface area contributed by atoms with E-state index in [1.807, 2.05) is 6.07 Å². The van der Waals surface area contributed by atoms with Crippen LogP contribution in [-0.2, 0) is 10.8 Å². The Hall–Kier alpha value is -2.62. The molecule has 4 rings (SSSR count). The smallest absolute Gasteiger partial charge is 0.208 e. The highest BCUT2D eigenvalue weighted by atomic mass is 32.1. The minimum absolute atomic E-state index is 0.0211. The lowest BCUT2D eigenvalue weighted by Gasteiger charge is -2.45. The Morgan fingerprint density at radius 2 is 1.78 bits per heavy atom. The molecule has 1 fully saturated rings. The molecule has 0 unspecified atom stereocenters. The first-order valence-electron chi connectivity index (χ1n) is 16.3. The number of aliphatic hydroxyl groups is 1. The number of aliphatic hydroxyl groups excluding tert-OH is 1. The van der Waals surface area contributed by atoms with Crippen LogP contribution < -0.4 is 5.32 Å². The van der Waals surface area contributed by atoms with Gasteiger partial charge in [-0.15, -0.1) is 16.9 Å². The number of benzene rings is 1. The molecule has 0 spiro atoms. The van der Waals surface area contributed by atoms with Gasteiger partial charge >= 0.3 is 0 Å². The first-order chi connectivity index (χ1) is 21.2. The Morgan fingerprint density at radius 3 is 2.42 bits per heavy atom. The van der Waals surface area contributed by atoms with Crippen LogP contribution in [0.2, 0.25) is 36.3 Å². The van der Waals surface area contributed by atoms with E-state index in [4.69, 9.17) is 4.43 Å². The van der Waals surface area contributed by atoms with Crippen molar-refractivity contribution in [2.75, 3.05) is 11.9 Å². The molecule has 1 saturated carbocycles.